The summed E-state index contributed by atoms with van der Waals surface area (Å²) in [7, 11) is 2.55. The predicted molar refractivity (Wildman–Crippen MR) is 101 cm³/mol. The van der Waals surface area contributed by atoms with Gasteiger partial charge in [0.25, 0.3) is 11.6 Å². The van der Waals surface area contributed by atoms with Gasteiger partial charge in [-0.1, -0.05) is 0 Å². The van der Waals surface area contributed by atoms with Gasteiger partial charge in [0.05, 0.1) is 24.7 Å². The highest BCUT2D eigenvalue weighted by Gasteiger charge is 2.57. The Hall–Kier alpha value is -3.35. The number of imidazole rings is 1. The second kappa shape index (κ2) is 9.20. The minimum absolute atomic E-state index is 0.0197. The number of benzene rings is 1. The monoisotopic (exact) mass is 446 g/mol. The summed E-state index contributed by atoms with van der Waals surface area (Å²) in [4.78, 5) is 26.6. The van der Waals surface area contributed by atoms with Crippen LogP contribution < -0.4 is 14.8 Å². The number of hydrogen-bond donors (Lipinski definition) is 2. The Bertz CT molecular complexity index is 962. The standard InChI is InChI=1S/C18H21F3N4O6/c1-4-31-14-9-11(12(25(28)29)10-13(14)30-3)15(26)22-6-5-17(27,18(19,20)21)16-23-7-8-24(16)2/h7-10,27H,4-6H2,1-3H3,(H,22,26). The summed E-state index contributed by atoms with van der Waals surface area (Å²) in [6.45, 7) is 1.18. The van der Waals surface area contributed by atoms with Crippen molar-refractivity contribution in [3.63, 3.8) is 0 Å². The molecule has 1 unspecified atom stereocenters. The predicted octanol–water partition coefficient (Wildman–Crippen LogP) is 2.31. The van der Waals surface area contributed by atoms with Gasteiger partial charge in [0.2, 0.25) is 5.60 Å². The van der Waals surface area contributed by atoms with Crippen molar-refractivity contribution in [2.75, 3.05) is 20.3 Å². The summed E-state index contributed by atoms with van der Waals surface area (Å²) < 4.78 is 52.0. The second-order valence-electron chi connectivity index (χ2n) is 6.44. The molecule has 1 aromatic heterocycles. The van der Waals surface area contributed by atoms with Crippen LogP contribution in [0.4, 0.5) is 18.9 Å². The van der Waals surface area contributed by atoms with Gasteiger partial charge >= 0.3 is 6.18 Å². The number of aryl methyl sites for hydroxylation is 1. The fourth-order valence-electron chi connectivity index (χ4n) is 2.91. The number of alkyl halides is 3. The van der Waals surface area contributed by atoms with Crippen molar-refractivity contribution in [2.24, 2.45) is 7.05 Å². The van der Waals surface area contributed by atoms with Gasteiger partial charge in [-0.15, -0.1) is 0 Å². The highest BCUT2D eigenvalue weighted by molar-refractivity contribution is 5.99. The Morgan fingerprint density at radius 1 is 1.35 bits per heavy atom. The molecule has 0 aliphatic heterocycles. The molecular formula is C18H21F3N4O6. The molecule has 0 bridgehead atoms. The maximum Gasteiger partial charge on any atom is 0.424 e. The lowest BCUT2D eigenvalue weighted by atomic mass is 9.97. The molecule has 1 amide bonds. The zero-order valence-corrected chi connectivity index (χ0v) is 16.9. The van der Waals surface area contributed by atoms with Crippen molar-refractivity contribution >= 4 is 11.6 Å². The topological polar surface area (TPSA) is 129 Å². The van der Waals surface area contributed by atoms with E-state index in [0.717, 1.165) is 22.9 Å². The van der Waals surface area contributed by atoms with Gasteiger partial charge in [0.1, 0.15) is 11.4 Å². The molecule has 2 N–H and O–H groups in total. The highest BCUT2D eigenvalue weighted by atomic mass is 19.4. The summed E-state index contributed by atoms with van der Waals surface area (Å²) in [6.07, 6.45) is -3.71. The Labute approximate surface area is 174 Å². The maximum absolute atomic E-state index is 13.6. The number of nitro benzene ring substituents is 1. The molecule has 31 heavy (non-hydrogen) atoms. The highest BCUT2D eigenvalue weighted by Crippen LogP contribution is 2.40. The van der Waals surface area contributed by atoms with Gasteiger partial charge in [-0.2, -0.15) is 13.2 Å². The van der Waals surface area contributed by atoms with E-state index in [0.29, 0.717) is 0 Å². The van der Waals surface area contributed by atoms with Gasteiger partial charge in [0, 0.05) is 38.5 Å². The van der Waals surface area contributed by atoms with E-state index < -0.39 is 52.6 Å². The molecule has 1 atom stereocenters. The second-order valence-corrected chi connectivity index (χ2v) is 6.44. The van der Waals surface area contributed by atoms with E-state index in [1.807, 2.05) is 0 Å². The van der Waals surface area contributed by atoms with Crippen molar-refractivity contribution in [3.8, 4) is 11.5 Å². The Kier molecular flexibility index (Phi) is 7.10. The molecule has 13 heteroatoms. The van der Waals surface area contributed by atoms with Crippen LogP contribution in [-0.2, 0) is 12.6 Å². The van der Waals surface area contributed by atoms with E-state index in [4.69, 9.17) is 9.47 Å². The Morgan fingerprint density at radius 2 is 2.03 bits per heavy atom. The van der Waals surface area contributed by atoms with Crippen molar-refractivity contribution < 1.29 is 37.5 Å². The third-order valence-electron chi connectivity index (χ3n) is 4.46. The van der Waals surface area contributed by atoms with E-state index in [2.05, 4.69) is 10.3 Å². The summed E-state index contributed by atoms with van der Waals surface area (Å²) in [6, 6.07) is 2.06. The van der Waals surface area contributed by atoms with Crippen LogP contribution in [0.3, 0.4) is 0 Å². The number of aliphatic hydroxyl groups is 1. The summed E-state index contributed by atoms with van der Waals surface area (Å²) >= 11 is 0. The number of amides is 1. The lowest BCUT2D eigenvalue weighted by Crippen LogP contribution is -2.46. The van der Waals surface area contributed by atoms with Gasteiger partial charge in [-0.3, -0.25) is 14.9 Å². The molecule has 0 aliphatic carbocycles. The first-order chi connectivity index (χ1) is 14.5. The maximum atomic E-state index is 13.6. The molecule has 2 rings (SSSR count). The lowest BCUT2D eigenvalue weighted by Gasteiger charge is -2.30. The van der Waals surface area contributed by atoms with E-state index >= 15 is 0 Å². The zero-order chi connectivity index (χ0) is 23.4. The van der Waals surface area contributed by atoms with Crippen LogP contribution in [0, 0.1) is 10.1 Å². The molecule has 0 saturated heterocycles. The van der Waals surface area contributed by atoms with Crippen molar-refractivity contribution in [3.05, 3.63) is 46.0 Å². The van der Waals surface area contributed by atoms with Crippen LogP contribution in [0.25, 0.3) is 0 Å². The number of carbonyl (C=O) groups excluding carboxylic acids is 1. The van der Waals surface area contributed by atoms with E-state index in [1.165, 1.54) is 20.4 Å². The molecule has 1 heterocycles. The zero-order valence-electron chi connectivity index (χ0n) is 16.9. The number of nitro groups is 1. The van der Waals surface area contributed by atoms with E-state index in [9.17, 15) is 33.2 Å². The SMILES string of the molecule is CCOc1cc(C(=O)NCCC(O)(c2nccn2C)C(F)(F)F)c([N+](=O)[O-])cc1OC. The molecular weight excluding hydrogens is 425 g/mol. The summed E-state index contributed by atoms with van der Waals surface area (Å²) in [5.74, 6) is -1.59. The Morgan fingerprint density at radius 3 is 2.52 bits per heavy atom. The van der Waals surface area contributed by atoms with Crippen LogP contribution in [0.15, 0.2) is 24.5 Å². The fraction of sp³-hybridized carbons (Fsp3) is 0.444. The van der Waals surface area contributed by atoms with Gasteiger partial charge in [-0.05, 0) is 6.92 Å². The normalized spacial score (nSPS) is 13.4. The quantitative estimate of drug-likeness (QED) is 0.447. The molecule has 0 aliphatic rings. The minimum Gasteiger partial charge on any atom is -0.493 e. The minimum atomic E-state index is -5.08. The van der Waals surface area contributed by atoms with Crippen LogP contribution in [0.2, 0.25) is 0 Å². The number of halogens is 3. The number of nitrogens with one attached hydrogen (secondary N) is 1. The van der Waals surface area contributed by atoms with Gasteiger partial charge < -0.3 is 24.5 Å². The van der Waals surface area contributed by atoms with Crippen molar-refractivity contribution in [2.45, 2.75) is 25.1 Å². The largest absolute Gasteiger partial charge is 0.493 e. The van der Waals surface area contributed by atoms with Crippen molar-refractivity contribution in [1.82, 2.24) is 14.9 Å². The number of ether oxygens (including phenoxy) is 2. The van der Waals surface area contributed by atoms with Gasteiger partial charge in [0.15, 0.2) is 11.5 Å². The average Bonchev–Trinajstić information content (AvgIpc) is 3.13. The average molecular weight is 446 g/mol. The molecule has 0 spiro atoms. The number of nitrogens with zero attached hydrogens (tertiary/aromatic N) is 3. The molecule has 1 aromatic carbocycles. The third-order valence-corrected chi connectivity index (χ3v) is 4.46. The molecule has 10 nitrogen and oxygen atoms in total. The lowest BCUT2D eigenvalue weighted by molar-refractivity contribution is -0.385. The number of methoxy groups -OCH3 is 1. The van der Waals surface area contributed by atoms with Crippen LogP contribution in [0.1, 0.15) is 29.5 Å². The molecule has 170 valence electrons. The van der Waals surface area contributed by atoms with E-state index in [1.54, 1.807) is 6.92 Å². The molecule has 0 radical (unpaired) electrons. The van der Waals surface area contributed by atoms with E-state index in [-0.39, 0.29) is 18.1 Å². The molecule has 0 fully saturated rings. The summed E-state index contributed by atoms with van der Waals surface area (Å²) in [5, 5.41) is 23.8. The third kappa shape index (κ3) is 4.87. The number of aromatic nitrogens is 2. The summed E-state index contributed by atoms with van der Waals surface area (Å²) in [5.41, 5.74) is -4.38. The molecule has 0 saturated carbocycles. The first kappa shape index (κ1) is 23.9. The Balaban J connectivity index is 2.28. The molecule has 2 aromatic rings. The van der Waals surface area contributed by atoms with Gasteiger partial charge in [-0.25, -0.2) is 4.98 Å². The van der Waals surface area contributed by atoms with Crippen LogP contribution >= 0.6 is 0 Å². The van der Waals surface area contributed by atoms with Crippen LogP contribution in [0.5, 0.6) is 11.5 Å². The first-order valence-corrected chi connectivity index (χ1v) is 9.00. The fourth-order valence-corrected chi connectivity index (χ4v) is 2.91. The number of carbonyl (C=O) groups is 1. The smallest absolute Gasteiger partial charge is 0.424 e. The van der Waals surface area contributed by atoms with Crippen LogP contribution in [-0.4, -0.2) is 51.9 Å². The number of rotatable bonds is 9. The first-order valence-electron chi connectivity index (χ1n) is 9.00. The van der Waals surface area contributed by atoms with Crippen molar-refractivity contribution in [1.29, 1.82) is 0 Å². The number of hydrogen-bond acceptors (Lipinski definition) is 7.